The SMILES string of the molecule is O=C(O)C1CCCC(Nc2ncc(F)c(-c3cccc(N4CCCOC4=O)c3)n2)C1. The predicted molar refractivity (Wildman–Crippen MR) is 108 cm³/mol. The first-order valence-electron chi connectivity index (χ1n) is 10.1. The maximum Gasteiger partial charge on any atom is 0.414 e. The molecular formula is C21H23FN4O4. The Morgan fingerprint density at radius 3 is 2.97 bits per heavy atom. The van der Waals surface area contributed by atoms with Gasteiger partial charge in [0.2, 0.25) is 5.95 Å². The first kappa shape index (κ1) is 20.1. The number of nitrogens with zero attached hydrogens (tertiary/aromatic N) is 3. The van der Waals surface area contributed by atoms with Crippen LogP contribution in [0.4, 0.5) is 20.8 Å². The smallest absolute Gasteiger partial charge is 0.414 e. The Bertz CT molecular complexity index is 954. The summed E-state index contributed by atoms with van der Waals surface area (Å²) in [6.45, 7) is 0.933. The third-order valence-electron chi connectivity index (χ3n) is 5.50. The molecule has 2 aromatic rings. The van der Waals surface area contributed by atoms with Gasteiger partial charge in [-0.1, -0.05) is 18.6 Å². The molecule has 158 valence electrons. The lowest BCUT2D eigenvalue weighted by atomic mass is 9.86. The average molecular weight is 414 g/mol. The van der Waals surface area contributed by atoms with Gasteiger partial charge in [0.05, 0.1) is 18.7 Å². The fourth-order valence-corrected chi connectivity index (χ4v) is 3.97. The van der Waals surface area contributed by atoms with Crippen LogP contribution in [0.3, 0.4) is 0 Å². The summed E-state index contributed by atoms with van der Waals surface area (Å²) in [6.07, 6.45) is 4.17. The molecule has 2 aliphatic rings. The highest BCUT2D eigenvalue weighted by atomic mass is 19.1. The third kappa shape index (κ3) is 4.34. The average Bonchev–Trinajstić information content (AvgIpc) is 2.76. The minimum Gasteiger partial charge on any atom is -0.481 e. The number of carboxylic acids is 1. The molecule has 1 aromatic heterocycles. The van der Waals surface area contributed by atoms with Crippen molar-refractivity contribution in [2.45, 2.75) is 38.1 Å². The van der Waals surface area contributed by atoms with E-state index in [0.717, 1.165) is 25.5 Å². The number of amides is 1. The monoisotopic (exact) mass is 414 g/mol. The van der Waals surface area contributed by atoms with Crippen molar-refractivity contribution in [3.05, 3.63) is 36.3 Å². The number of carboxylic acid groups (broad SMARTS) is 1. The zero-order valence-corrected chi connectivity index (χ0v) is 16.4. The molecule has 2 unspecified atom stereocenters. The summed E-state index contributed by atoms with van der Waals surface area (Å²) < 4.78 is 19.6. The Balaban J connectivity index is 1.56. The van der Waals surface area contributed by atoms with E-state index < -0.39 is 23.8 Å². The molecule has 30 heavy (non-hydrogen) atoms. The highest BCUT2D eigenvalue weighted by molar-refractivity contribution is 5.89. The zero-order valence-electron chi connectivity index (χ0n) is 16.4. The van der Waals surface area contributed by atoms with Crippen LogP contribution < -0.4 is 10.2 Å². The van der Waals surface area contributed by atoms with Crippen molar-refractivity contribution in [1.29, 1.82) is 0 Å². The second-order valence-electron chi connectivity index (χ2n) is 7.60. The minimum absolute atomic E-state index is 0.0763. The number of anilines is 2. The topological polar surface area (TPSA) is 105 Å². The molecule has 2 heterocycles. The van der Waals surface area contributed by atoms with Crippen molar-refractivity contribution < 1.29 is 23.8 Å². The van der Waals surface area contributed by atoms with Crippen LogP contribution in [-0.2, 0) is 9.53 Å². The Labute approximate surface area is 173 Å². The van der Waals surface area contributed by atoms with Crippen LogP contribution in [0.5, 0.6) is 0 Å². The third-order valence-corrected chi connectivity index (χ3v) is 5.50. The van der Waals surface area contributed by atoms with E-state index in [1.165, 1.54) is 4.90 Å². The van der Waals surface area contributed by atoms with Crippen molar-refractivity contribution in [1.82, 2.24) is 9.97 Å². The summed E-state index contributed by atoms with van der Waals surface area (Å²) in [5.41, 5.74) is 1.24. The normalized spacial score (nSPS) is 21.8. The van der Waals surface area contributed by atoms with Crippen LogP contribution in [0, 0.1) is 11.7 Å². The number of benzene rings is 1. The number of carbonyl (C=O) groups excluding carboxylic acids is 1. The van der Waals surface area contributed by atoms with E-state index in [0.29, 0.717) is 37.2 Å². The summed E-state index contributed by atoms with van der Waals surface area (Å²) in [7, 11) is 0. The predicted octanol–water partition coefficient (Wildman–Crippen LogP) is 3.68. The van der Waals surface area contributed by atoms with Gasteiger partial charge in [0, 0.05) is 23.8 Å². The van der Waals surface area contributed by atoms with Gasteiger partial charge in [-0.3, -0.25) is 9.69 Å². The number of rotatable bonds is 5. The molecule has 1 amide bonds. The Hall–Kier alpha value is -3.23. The van der Waals surface area contributed by atoms with Gasteiger partial charge < -0.3 is 15.2 Å². The van der Waals surface area contributed by atoms with Gasteiger partial charge in [0.25, 0.3) is 0 Å². The molecule has 1 saturated carbocycles. The fourth-order valence-electron chi connectivity index (χ4n) is 3.97. The van der Waals surface area contributed by atoms with Crippen molar-refractivity contribution in [2.75, 3.05) is 23.4 Å². The number of aromatic nitrogens is 2. The number of hydrogen-bond donors (Lipinski definition) is 2. The first-order valence-corrected chi connectivity index (χ1v) is 10.1. The second kappa shape index (κ2) is 8.64. The van der Waals surface area contributed by atoms with E-state index in [4.69, 9.17) is 4.74 Å². The van der Waals surface area contributed by atoms with E-state index in [9.17, 15) is 19.1 Å². The molecule has 0 spiro atoms. The summed E-state index contributed by atoms with van der Waals surface area (Å²) in [6, 6.07) is 6.84. The lowest BCUT2D eigenvalue weighted by molar-refractivity contribution is -0.142. The Morgan fingerprint density at radius 1 is 1.30 bits per heavy atom. The highest BCUT2D eigenvalue weighted by Crippen LogP contribution is 2.29. The molecule has 1 aliphatic heterocycles. The van der Waals surface area contributed by atoms with Gasteiger partial charge in [-0.2, -0.15) is 0 Å². The quantitative estimate of drug-likeness (QED) is 0.769. The van der Waals surface area contributed by atoms with Gasteiger partial charge in [-0.15, -0.1) is 0 Å². The number of ether oxygens (including phenoxy) is 1. The van der Waals surface area contributed by atoms with Crippen LogP contribution in [0.25, 0.3) is 11.3 Å². The van der Waals surface area contributed by atoms with E-state index in [-0.39, 0.29) is 17.7 Å². The summed E-state index contributed by atoms with van der Waals surface area (Å²) in [5.74, 6) is -1.51. The molecule has 2 fully saturated rings. The van der Waals surface area contributed by atoms with Crippen molar-refractivity contribution in [3.63, 3.8) is 0 Å². The summed E-state index contributed by atoms with van der Waals surface area (Å²) in [5, 5.41) is 12.4. The molecule has 1 saturated heterocycles. The standard InChI is InChI=1S/C21H23FN4O4/c22-17-12-23-20(24-15-6-1-5-14(10-15)19(27)28)25-18(17)13-4-2-7-16(11-13)26-8-3-9-30-21(26)29/h2,4,7,11-12,14-15H,1,3,5-6,8-10H2,(H,27,28)(H,23,24,25). The molecule has 9 heteroatoms. The number of carbonyl (C=O) groups is 2. The zero-order chi connectivity index (χ0) is 21.1. The van der Waals surface area contributed by atoms with Crippen LogP contribution in [0.2, 0.25) is 0 Å². The summed E-state index contributed by atoms with van der Waals surface area (Å²) in [4.78, 5) is 33.2. The maximum absolute atomic E-state index is 14.5. The molecular weight excluding hydrogens is 391 g/mol. The number of aliphatic carboxylic acids is 1. The number of hydrogen-bond acceptors (Lipinski definition) is 6. The number of cyclic esters (lactones) is 1. The largest absolute Gasteiger partial charge is 0.481 e. The van der Waals surface area contributed by atoms with Crippen molar-refractivity contribution >= 4 is 23.7 Å². The van der Waals surface area contributed by atoms with E-state index in [1.807, 2.05) is 0 Å². The van der Waals surface area contributed by atoms with E-state index in [2.05, 4.69) is 15.3 Å². The van der Waals surface area contributed by atoms with Gasteiger partial charge in [0.15, 0.2) is 5.82 Å². The Morgan fingerprint density at radius 2 is 2.17 bits per heavy atom. The molecule has 2 atom stereocenters. The lowest BCUT2D eigenvalue weighted by Gasteiger charge is -2.27. The van der Waals surface area contributed by atoms with Gasteiger partial charge in [-0.05, 0) is 37.8 Å². The minimum atomic E-state index is -0.796. The Kier molecular flexibility index (Phi) is 5.78. The number of nitrogens with one attached hydrogen (secondary N) is 1. The van der Waals surface area contributed by atoms with Crippen LogP contribution in [0.1, 0.15) is 32.1 Å². The summed E-state index contributed by atoms with van der Waals surface area (Å²) >= 11 is 0. The van der Waals surface area contributed by atoms with Gasteiger partial charge in [-0.25, -0.2) is 19.2 Å². The second-order valence-corrected chi connectivity index (χ2v) is 7.60. The molecule has 4 rings (SSSR count). The molecule has 0 radical (unpaired) electrons. The molecule has 0 bridgehead atoms. The molecule has 8 nitrogen and oxygen atoms in total. The van der Waals surface area contributed by atoms with E-state index in [1.54, 1.807) is 24.3 Å². The maximum atomic E-state index is 14.5. The van der Waals surface area contributed by atoms with Gasteiger partial charge >= 0.3 is 12.1 Å². The van der Waals surface area contributed by atoms with Crippen molar-refractivity contribution in [2.24, 2.45) is 5.92 Å². The van der Waals surface area contributed by atoms with Crippen LogP contribution in [0.15, 0.2) is 30.5 Å². The van der Waals surface area contributed by atoms with Crippen LogP contribution >= 0.6 is 0 Å². The molecule has 1 aromatic carbocycles. The van der Waals surface area contributed by atoms with Crippen LogP contribution in [-0.4, -0.2) is 46.3 Å². The van der Waals surface area contributed by atoms with Gasteiger partial charge in [0.1, 0.15) is 5.69 Å². The first-order chi connectivity index (χ1) is 14.5. The number of halogens is 1. The van der Waals surface area contributed by atoms with E-state index >= 15 is 0 Å². The lowest BCUT2D eigenvalue weighted by Crippen LogP contribution is -2.37. The highest BCUT2D eigenvalue weighted by Gasteiger charge is 2.27. The molecule has 2 N–H and O–H groups in total. The van der Waals surface area contributed by atoms with Crippen molar-refractivity contribution in [3.8, 4) is 11.3 Å². The molecule has 1 aliphatic carbocycles. The fraction of sp³-hybridized carbons (Fsp3) is 0.429.